The number of halogens is 3. The zero-order valence-corrected chi connectivity index (χ0v) is 9.50. The van der Waals surface area contributed by atoms with Crippen molar-refractivity contribution in [1.29, 1.82) is 0 Å². The van der Waals surface area contributed by atoms with Gasteiger partial charge in [0.1, 0.15) is 5.75 Å². The highest BCUT2D eigenvalue weighted by Crippen LogP contribution is 2.19. The Morgan fingerprint density at radius 3 is 2.29 bits per heavy atom. The van der Waals surface area contributed by atoms with E-state index in [9.17, 15) is 13.2 Å². The Labute approximate surface area is 98.0 Å². The minimum atomic E-state index is -4.31. The van der Waals surface area contributed by atoms with Crippen LogP contribution in [-0.2, 0) is 6.42 Å². The van der Waals surface area contributed by atoms with Crippen LogP contribution in [0.4, 0.5) is 13.2 Å². The van der Waals surface area contributed by atoms with Crippen molar-refractivity contribution in [2.75, 3.05) is 6.61 Å². The zero-order valence-electron chi connectivity index (χ0n) is 9.50. The minimum Gasteiger partial charge on any atom is -0.484 e. The van der Waals surface area contributed by atoms with E-state index < -0.39 is 12.8 Å². The summed E-state index contributed by atoms with van der Waals surface area (Å²) in [5.41, 5.74) is 0.963. The fourth-order valence-electron chi connectivity index (χ4n) is 1.29. The van der Waals surface area contributed by atoms with Gasteiger partial charge in [-0.15, -0.1) is 0 Å². The van der Waals surface area contributed by atoms with Gasteiger partial charge in [-0.3, -0.25) is 0 Å². The fourth-order valence-corrected chi connectivity index (χ4v) is 1.29. The largest absolute Gasteiger partial charge is 0.484 e. The molecule has 0 aliphatic heterocycles. The third kappa shape index (κ3) is 6.16. The summed E-state index contributed by atoms with van der Waals surface area (Å²) >= 11 is 0. The fraction of sp³-hybridized carbons (Fsp3) is 0.500. The van der Waals surface area contributed by atoms with Crippen molar-refractivity contribution in [3.8, 4) is 5.75 Å². The van der Waals surface area contributed by atoms with Crippen LogP contribution in [0, 0.1) is 0 Å². The van der Waals surface area contributed by atoms with E-state index in [0.29, 0.717) is 12.8 Å². The van der Waals surface area contributed by atoms with E-state index in [1.165, 1.54) is 12.1 Å². The van der Waals surface area contributed by atoms with E-state index in [1.54, 1.807) is 19.1 Å². The molecule has 0 aliphatic carbocycles. The van der Waals surface area contributed by atoms with Crippen LogP contribution in [0.25, 0.3) is 0 Å². The van der Waals surface area contributed by atoms with Gasteiger partial charge in [0.05, 0.1) is 6.10 Å². The summed E-state index contributed by atoms with van der Waals surface area (Å²) < 4.78 is 40.2. The van der Waals surface area contributed by atoms with Crippen LogP contribution < -0.4 is 4.74 Å². The lowest BCUT2D eigenvalue weighted by Crippen LogP contribution is -2.19. The Morgan fingerprint density at radius 2 is 1.82 bits per heavy atom. The molecule has 5 heteroatoms. The number of aliphatic hydroxyl groups is 1. The summed E-state index contributed by atoms with van der Waals surface area (Å²) in [7, 11) is 0. The summed E-state index contributed by atoms with van der Waals surface area (Å²) in [4.78, 5) is 0. The monoisotopic (exact) mass is 248 g/mol. The topological polar surface area (TPSA) is 29.5 Å². The Balaban J connectivity index is 2.45. The molecule has 0 fully saturated rings. The molecule has 0 aliphatic rings. The number of benzene rings is 1. The average Bonchev–Trinajstić information content (AvgIpc) is 2.24. The van der Waals surface area contributed by atoms with Crippen molar-refractivity contribution in [3.63, 3.8) is 0 Å². The SMILES string of the molecule is CC(O)CCc1ccc(OCC(F)(F)F)cc1. The maximum atomic E-state index is 11.9. The van der Waals surface area contributed by atoms with Crippen molar-refractivity contribution in [2.24, 2.45) is 0 Å². The van der Waals surface area contributed by atoms with Crippen LogP contribution in [-0.4, -0.2) is 24.0 Å². The first-order chi connectivity index (χ1) is 7.87. The van der Waals surface area contributed by atoms with Gasteiger partial charge in [-0.1, -0.05) is 12.1 Å². The van der Waals surface area contributed by atoms with Crippen LogP contribution in [0.5, 0.6) is 5.75 Å². The van der Waals surface area contributed by atoms with Gasteiger partial charge in [0.15, 0.2) is 6.61 Å². The molecule has 0 amide bonds. The van der Waals surface area contributed by atoms with E-state index >= 15 is 0 Å². The van der Waals surface area contributed by atoms with E-state index in [1.807, 2.05) is 0 Å². The summed E-state index contributed by atoms with van der Waals surface area (Å²) in [6, 6.07) is 6.41. The quantitative estimate of drug-likeness (QED) is 0.868. The first-order valence-corrected chi connectivity index (χ1v) is 5.33. The molecule has 0 saturated heterocycles. The van der Waals surface area contributed by atoms with Crippen molar-refractivity contribution in [3.05, 3.63) is 29.8 Å². The zero-order chi connectivity index (χ0) is 12.9. The second-order valence-electron chi connectivity index (χ2n) is 3.94. The number of aliphatic hydroxyl groups excluding tert-OH is 1. The number of hydrogen-bond acceptors (Lipinski definition) is 2. The van der Waals surface area contributed by atoms with Crippen LogP contribution in [0.3, 0.4) is 0 Å². The van der Waals surface area contributed by atoms with Crippen molar-refractivity contribution < 1.29 is 23.0 Å². The van der Waals surface area contributed by atoms with Crippen molar-refractivity contribution >= 4 is 0 Å². The van der Waals surface area contributed by atoms with Crippen molar-refractivity contribution in [1.82, 2.24) is 0 Å². The standard InChI is InChI=1S/C12H15F3O2/c1-9(16)2-3-10-4-6-11(7-5-10)17-8-12(13,14)15/h4-7,9,16H,2-3,8H2,1H3. The molecule has 1 N–H and O–H groups in total. The first-order valence-electron chi connectivity index (χ1n) is 5.33. The lowest BCUT2D eigenvalue weighted by molar-refractivity contribution is -0.153. The molecule has 1 unspecified atom stereocenters. The third-order valence-corrected chi connectivity index (χ3v) is 2.18. The first kappa shape index (κ1) is 13.8. The molecule has 2 nitrogen and oxygen atoms in total. The van der Waals surface area contributed by atoms with E-state index in [0.717, 1.165) is 5.56 Å². The number of hydrogen-bond donors (Lipinski definition) is 1. The molecule has 96 valence electrons. The number of aryl methyl sites for hydroxylation is 1. The molecular weight excluding hydrogens is 233 g/mol. The molecule has 17 heavy (non-hydrogen) atoms. The smallest absolute Gasteiger partial charge is 0.422 e. The molecule has 0 heterocycles. The molecule has 1 aromatic rings. The molecule has 1 atom stereocenters. The van der Waals surface area contributed by atoms with Crippen molar-refractivity contribution in [2.45, 2.75) is 32.0 Å². The van der Waals surface area contributed by atoms with Crippen LogP contribution >= 0.6 is 0 Å². The highest BCUT2D eigenvalue weighted by molar-refractivity contribution is 5.27. The summed E-state index contributed by atoms with van der Waals surface area (Å²) in [5.74, 6) is 0.197. The van der Waals surface area contributed by atoms with Gasteiger partial charge < -0.3 is 9.84 Å². The molecule has 0 bridgehead atoms. The predicted octanol–water partition coefficient (Wildman–Crippen LogP) is 2.94. The Morgan fingerprint density at radius 1 is 1.24 bits per heavy atom. The van der Waals surface area contributed by atoms with Gasteiger partial charge in [0.25, 0.3) is 0 Å². The second-order valence-corrected chi connectivity index (χ2v) is 3.94. The Kier molecular flexibility index (Phi) is 4.81. The van der Waals surface area contributed by atoms with Gasteiger partial charge in [0.2, 0.25) is 0 Å². The Bertz CT molecular complexity index is 331. The highest BCUT2D eigenvalue weighted by atomic mass is 19.4. The lowest BCUT2D eigenvalue weighted by Gasteiger charge is -2.09. The molecule has 0 radical (unpaired) electrons. The van der Waals surface area contributed by atoms with Gasteiger partial charge >= 0.3 is 6.18 Å². The average molecular weight is 248 g/mol. The van der Waals surface area contributed by atoms with E-state index in [-0.39, 0.29) is 11.9 Å². The van der Waals surface area contributed by atoms with Gasteiger partial charge in [0, 0.05) is 0 Å². The number of rotatable bonds is 5. The molecule has 1 rings (SSSR count). The molecule has 1 aromatic carbocycles. The number of alkyl halides is 3. The number of ether oxygens (including phenoxy) is 1. The molecular formula is C12H15F3O2. The Hall–Kier alpha value is -1.23. The van der Waals surface area contributed by atoms with Crippen LogP contribution in [0.2, 0.25) is 0 Å². The highest BCUT2D eigenvalue weighted by Gasteiger charge is 2.28. The molecule has 0 saturated carbocycles. The normalized spacial score (nSPS) is 13.5. The maximum absolute atomic E-state index is 11.9. The summed E-state index contributed by atoms with van der Waals surface area (Å²) in [6.45, 7) is 0.417. The van der Waals surface area contributed by atoms with Crippen LogP contribution in [0.15, 0.2) is 24.3 Å². The van der Waals surface area contributed by atoms with E-state index in [4.69, 9.17) is 5.11 Å². The van der Waals surface area contributed by atoms with Gasteiger partial charge in [-0.05, 0) is 37.5 Å². The minimum absolute atomic E-state index is 0.197. The molecule has 0 aromatic heterocycles. The van der Waals surface area contributed by atoms with Gasteiger partial charge in [-0.25, -0.2) is 0 Å². The van der Waals surface area contributed by atoms with Crippen LogP contribution in [0.1, 0.15) is 18.9 Å². The summed E-state index contributed by atoms with van der Waals surface area (Å²) in [5, 5.41) is 9.09. The third-order valence-electron chi connectivity index (χ3n) is 2.18. The molecule has 0 spiro atoms. The summed E-state index contributed by atoms with van der Waals surface area (Å²) in [6.07, 6.45) is -3.37. The van der Waals surface area contributed by atoms with E-state index in [2.05, 4.69) is 4.74 Å². The predicted molar refractivity (Wildman–Crippen MR) is 58.0 cm³/mol. The van der Waals surface area contributed by atoms with Gasteiger partial charge in [-0.2, -0.15) is 13.2 Å². The lowest BCUT2D eigenvalue weighted by atomic mass is 10.1. The second kappa shape index (κ2) is 5.91. The maximum Gasteiger partial charge on any atom is 0.422 e.